The average molecular weight is 243 g/mol. The fraction of sp³-hybridized carbons (Fsp3) is 0.385. The number of likely N-dealkylation sites (tertiary alicyclic amines) is 1. The van der Waals surface area contributed by atoms with Gasteiger partial charge in [-0.15, -0.1) is 0 Å². The summed E-state index contributed by atoms with van der Waals surface area (Å²) in [5.74, 6) is 0. The lowest BCUT2D eigenvalue weighted by atomic mass is 10.2. The zero-order chi connectivity index (χ0) is 12.4. The first kappa shape index (κ1) is 11.2. The molecule has 2 aromatic rings. The molecule has 5 heteroatoms. The van der Waals surface area contributed by atoms with Crippen LogP contribution in [-0.2, 0) is 0 Å². The Morgan fingerprint density at radius 2 is 2.11 bits per heavy atom. The maximum atomic E-state index is 4.11. The van der Waals surface area contributed by atoms with Crippen molar-refractivity contribution in [1.29, 1.82) is 0 Å². The van der Waals surface area contributed by atoms with Crippen LogP contribution in [0.5, 0.6) is 0 Å². The van der Waals surface area contributed by atoms with Crippen LogP contribution < -0.4 is 5.32 Å². The number of rotatable bonds is 3. The van der Waals surface area contributed by atoms with Crippen molar-refractivity contribution in [3.63, 3.8) is 0 Å². The second kappa shape index (κ2) is 4.78. The van der Waals surface area contributed by atoms with Crippen LogP contribution in [0.1, 0.15) is 6.42 Å². The number of benzene rings is 1. The predicted octanol–water partition coefficient (Wildman–Crippen LogP) is 1.38. The molecule has 1 aromatic carbocycles. The molecule has 0 radical (unpaired) electrons. The average Bonchev–Trinajstić information content (AvgIpc) is 3.02. The number of hydrogen-bond acceptors (Lipinski definition) is 4. The standard InChI is InChI=1S/C13H17N5/c1-17-7-6-12(8-17)16-11-2-4-13(5-3-11)18-10-14-9-15-18/h2-5,9-10,12,16H,6-8H2,1H3. The van der Waals surface area contributed by atoms with Crippen molar-refractivity contribution in [3.05, 3.63) is 36.9 Å². The first-order valence-corrected chi connectivity index (χ1v) is 6.21. The Kier molecular flexibility index (Phi) is 2.98. The molecule has 0 bridgehead atoms. The summed E-state index contributed by atoms with van der Waals surface area (Å²) >= 11 is 0. The lowest BCUT2D eigenvalue weighted by Crippen LogP contribution is -2.23. The highest BCUT2D eigenvalue weighted by Crippen LogP contribution is 2.16. The third-order valence-electron chi connectivity index (χ3n) is 3.31. The van der Waals surface area contributed by atoms with Gasteiger partial charge in [0, 0.05) is 18.3 Å². The van der Waals surface area contributed by atoms with Crippen LogP contribution in [0.4, 0.5) is 5.69 Å². The molecular weight excluding hydrogens is 226 g/mol. The highest BCUT2D eigenvalue weighted by molar-refractivity contribution is 5.49. The van der Waals surface area contributed by atoms with Gasteiger partial charge in [-0.3, -0.25) is 0 Å². The monoisotopic (exact) mass is 243 g/mol. The van der Waals surface area contributed by atoms with E-state index in [9.17, 15) is 0 Å². The van der Waals surface area contributed by atoms with E-state index in [1.807, 2.05) is 0 Å². The molecule has 1 saturated heterocycles. The molecule has 94 valence electrons. The molecule has 18 heavy (non-hydrogen) atoms. The van der Waals surface area contributed by atoms with E-state index in [-0.39, 0.29) is 0 Å². The number of nitrogens with one attached hydrogen (secondary N) is 1. The molecule has 5 nitrogen and oxygen atoms in total. The van der Waals surface area contributed by atoms with Crippen molar-refractivity contribution in [1.82, 2.24) is 19.7 Å². The van der Waals surface area contributed by atoms with Gasteiger partial charge < -0.3 is 10.2 Å². The van der Waals surface area contributed by atoms with Crippen LogP contribution in [0.2, 0.25) is 0 Å². The second-order valence-corrected chi connectivity index (χ2v) is 4.78. The molecule has 1 atom stereocenters. The van der Waals surface area contributed by atoms with E-state index in [1.165, 1.54) is 18.7 Å². The molecular formula is C13H17N5. The van der Waals surface area contributed by atoms with Crippen LogP contribution in [0.15, 0.2) is 36.9 Å². The van der Waals surface area contributed by atoms with Crippen LogP contribution in [0.3, 0.4) is 0 Å². The summed E-state index contributed by atoms with van der Waals surface area (Å²) in [7, 11) is 2.16. The Labute approximate surface area is 106 Å². The molecule has 1 aliphatic rings. The number of likely N-dealkylation sites (N-methyl/N-ethyl adjacent to an activating group) is 1. The van der Waals surface area contributed by atoms with E-state index in [1.54, 1.807) is 17.3 Å². The molecule has 3 rings (SSSR count). The van der Waals surface area contributed by atoms with E-state index in [4.69, 9.17) is 0 Å². The smallest absolute Gasteiger partial charge is 0.138 e. The third-order valence-corrected chi connectivity index (χ3v) is 3.31. The van der Waals surface area contributed by atoms with Gasteiger partial charge in [0.2, 0.25) is 0 Å². The van der Waals surface area contributed by atoms with E-state index in [2.05, 4.69) is 51.6 Å². The summed E-state index contributed by atoms with van der Waals surface area (Å²) in [5.41, 5.74) is 2.20. The van der Waals surface area contributed by atoms with E-state index in [0.29, 0.717) is 6.04 Å². The molecule has 1 fully saturated rings. The highest BCUT2D eigenvalue weighted by Gasteiger charge is 2.18. The van der Waals surface area contributed by atoms with E-state index >= 15 is 0 Å². The number of hydrogen-bond donors (Lipinski definition) is 1. The summed E-state index contributed by atoms with van der Waals surface area (Å²) in [5, 5.41) is 7.66. The number of anilines is 1. The van der Waals surface area contributed by atoms with Gasteiger partial charge in [-0.2, -0.15) is 5.10 Å². The molecule has 1 N–H and O–H groups in total. The Morgan fingerprint density at radius 1 is 1.28 bits per heavy atom. The van der Waals surface area contributed by atoms with Crippen molar-refractivity contribution < 1.29 is 0 Å². The normalized spacial score (nSPS) is 20.2. The molecule has 1 unspecified atom stereocenters. The molecule has 0 amide bonds. The lowest BCUT2D eigenvalue weighted by Gasteiger charge is -2.14. The Bertz CT molecular complexity index is 491. The van der Waals surface area contributed by atoms with Gasteiger partial charge >= 0.3 is 0 Å². The van der Waals surface area contributed by atoms with Crippen molar-refractivity contribution in [3.8, 4) is 5.69 Å². The number of aromatic nitrogens is 3. The first-order valence-electron chi connectivity index (χ1n) is 6.21. The van der Waals surface area contributed by atoms with Gasteiger partial charge in [-0.05, 0) is 44.3 Å². The van der Waals surface area contributed by atoms with Crippen LogP contribution in [-0.4, -0.2) is 45.8 Å². The Morgan fingerprint density at radius 3 is 2.72 bits per heavy atom. The zero-order valence-corrected chi connectivity index (χ0v) is 10.5. The molecule has 1 aromatic heterocycles. The quantitative estimate of drug-likeness (QED) is 0.884. The van der Waals surface area contributed by atoms with Gasteiger partial charge in [-0.25, -0.2) is 9.67 Å². The van der Waals surface area contributed by atoms with Gasteiger partial charge in [0.25, 0.3) is 0 Å². The van der Waals surface area contributed by atoms with Crippen molar-refractivity contribution in [2.75, 3.05) is 25.5 Å². The van der Waals surface area contributed by atoms with Crippen LogP contribution >= 0.6 is 0 Å². The minimum absolute atomic E-state index is 0.562. The predicted molar refractivity (Wildman–Crippen MR) is 70.9 cm³/mol. The Balaban J connectivity index is 1.68. The summed E-state index contributed by atoms with van der Waals surface area (Å²) in [4.78, 5) is 6.29. The van der Waals surface area contributed by atoms with Gasteiger partial charge in [0.1, 0.15) is 12.7 Å². The highest BCUT2D eigenvalue weighted by atomic mass is 15.3. The molecule has 2 heterocycles. The number of nitrogens with zero attached hydrogens (tertiary/aromatic N) is 4. The first-order chi connectivity index (χ1) is 8.81. The maximum Gasteiger partial charge on any atom is 0.138 e. The topological polar surface area (TPSA) is 46.0 Å². The zero-order valence-electron chi connectivity index (χ0n) is 10.5. The second-order valence-electron chi connectivity index (χ2n) is 4.78. The van der Waals surface area contributed by atoms with E-state index < -0.39 is 0 Å². The minimum Gasteiger partial charge on any atom is -0.381 e. The molecule has 0 spiro atoms. The fourth-order valence-electron chi connectivity index (χ4n) is 2.34. The fourth-order valence-corrected chi connectivity index (χ4v) is 2.34. The van der Waals surface area contributed by atoms with Crippen molar-refractivity contribution >= 4 is 5.69 Å². The summed E-state index contributed by atoms with van der Waals surface area (Å²) in [6, 6.07) is 8.85. The third kappa shape index (κ3) is 2.36. The SMILES string of the molecule is CN1CCC(Nc2ccc(-n3cncn3)cc2)C1. The van der Waals surface area contributed by atoms with Crippen molar-refractivity contribution in [2.45, 2.75) is 12.5 Å². The largest absolute Gasteiger partial charge is 0.381 e. The maximum absolute atomic E-state index is 4.11. The lowest BCUT2D eigenvalue weighted by molar-refractivity contribution is 0.414. The minimum atomic E-state index is 0.562. The van der Waals surface area contributed by atoms with Gasteiger partial charge in [-0.1, -0.05) is 0 Å². The van der Waals surface area contributed by atoms with E-state index in [0.717, 1.165) is 12.2 Å². The molecule has 1 aliphatic heterocycles. The van der Waals surface area contributed by atoms with Crippen molar-refractivity contribution in [2.24, 2.45) is 0 Å². The van der Waals surface area contributed by atoms with Gasteiger partial charge in [0.05, 0.1) is 5.69 Å². The van der Waals surface area contributed by atoms with Crippen LogP contribution in [0.25, 0.3) is 5.69 Å². The van der Waals surface area contributed by atoms with Crippen LogP contribution in [0, 0.1) is 0 Å². The molecule has 0 saturated carbocycles. The van der Waals surface area contributed by atoms with Gasteiger partial charge in [0.15, 0.2) is 0 Å². The summed E-state index contributed by atoms with van der Waals surface area (Å²) < 4.78 is 1.76. The summed E-state index contributed by atoms with van der Waals surface area (Å²) in [6.45, 7) is 2.29. The molecule has 0 aliphatic carbocycles. The summed E-state index contributed by atoms with van der Waals surface area (Å²) in [6.07, 6.45) is 4.45. The Hall–Kier alpha value is -1.88.